The monoisotopic (exact) mass is 332 g/mol. The molecule has 0 N–H and O–H groups in total. The Morgan fingerprint density at radius 3 is 2.88 bits per heavy atom. The number of amides is 1. The summed E-state index contributed by atoms with van der Waals surface area (Å²) in [5, 5.41) is 4.23. The first-order valence-corrected chi connectivity index (χ1v) is 8.59. The minimum Gasteiger partial charge on any atom is -0.330 e. The van der Waals surface area contributed by atoms with Gasteiger partial charge in [-0.3, -0.25) is 14.5 Å². The first-order chi connectivity index (χ1) is 12.3. The Balaban J connectivity index is 1.56. The molecule has 3 heterocycles. The zero-order valence-corrected chi connectivity index (χ0v) is 14.0. The number of likely N-dealkylation sites (tertiary alicyclic amines) is 1. The summed E-state index contributed by atoms with van der Waals surface area (Å²) in [4.78, 5) is 19.5. The van der Waals surface area contributed by atoms with E-state index in [1.807, 2.05) is 64.3 Å². The summed E-state index contributed by atoms with van der Waals surface area (Å²) in [6, 6.07) is 15.7. The van der Waals surface area contributed by atoms with E-state index in [2.05, 4.69) is 10.1 Å². The molecule has 126 valence electrons. The molecule has 2 aromatic heterocycles. The summed E-state index contributed by atoms with van der Waals surface area (Å²) in [5.41, 5.74) is 2.77. The van der Waals surface area contributed by atoms with Crippen LogP contribution in [-0.4, -0.2) is 32.1 Å². The lowest BCUT2D eigenvalue weighted by molar-refractivity contribution is 0.0733. The van der Waals surface area contributed by atoms with E-state index in [0.717, 1.165) is 36.2 Å². The molecule has 25 heavy (non-hydrogen) atoms. The molecule has 1 aliphatic rings. The van der Waals surface area contributed by atoms with Crippen molar-refractivity contribution in [2.75, 3.05) is 6.54 Å². The van der Waals surface area contributed by atoms with Crippen molar-refractivity contribution < 1.29 is 4.79 Å². The van der Waals surface area contributed by atoms with E-state index in [4.69, 9.17) is 0 Å². The molecule has 1 aliphatic heterocycles. The second kappa shape index (κ2) is 6.89. The molecule has 3 aromatic rings. The van der Waals surface area contributed by atoms with Gasteiger partial charge in [-0.25, -0.2) is 0 Å². The zero-order chi connectivity index (χ0) is 17.1. The maximum absolute atomic E-state index is 13.1. The highest BCUT2D eigenvalue weighted by Crippen LogP contribution is 2.32. The number of benzene rings is 1. The van der Waals surface area contributed by atoms with E-state index in [1.165, 1.54) is 0 Å². The Morgan fingerprint density at radius 1 is 1.12 bits per heavy atom. The van der Waals surface area contributed by atoms with Crippen LogP contribution in [0.3, 0.4) is 0 Å². The third kappa shape index (κ3) is 3.31. The topological polar surface area (TPSA) is 51.0 Å². The fourth-order valence-corrected chi connectivity index (χ4v) is 3.44. The first kappa shape index (κ1) is 15.6. The second-order valence-electron chi connectivity index (χ2n) is 6.32. The molecule has 4 rings (SSSR count). The molecule has 1 aromatic carbocycles. The molecule has 0 radical (unpaired) electrons. The van der Waals surface area contributed by atoms with Crippen molar-refractivity contribution in [3.05, 3.63) is 83.9 Å². The molecule has 1 amide bonds. The SMILES string of the molecule is O=C(c1cccc(Cn2cccn2)c1)N1CCCC1c1ccccn1. The van der Waals surface area contributed by atoms with Gasteiger partial charge in [-0.15, -0.1) is 0 Å². The standard InChI is InChI=1S/C20H20N4O/c25-20(24-13-4-9-19(24)18-8-1-2-10-21-18)17-7-3-6-16(14-17)15-23-12-5-11-22-23/h1-3,5-8,10-12,14,19H,4,9,13,15H2. The maximum Gasteiger partial charge on any atom is 0.254 e. The quantitative estimate of drug-likeness (QED) is 0.736. The Hall–Kier alpha value is -2.95. The molecule has 1 atom stereocenters. The normalized spacial score (nSPS) is 17.0. The minimum atomic E-state index is 0.0727. The molecule has 1 saturated heterocycles. The lowest BCUT2D eigenvalue weighted by Gasteiger charge is -2.24. The highest BCUT2D eigenvalue weighted by Gasteiger charge is 2.31. The summed E-state index contributed by atoms with van der Waals surface area (Å²) < 4.78 is 1.86. The van der Waals surface area contributed by atoms with E-state index in [0.29, 0.717) is 6.54 Å². The summed E-state index contributed by atoms with van der Waals surface area (Å²) in [6.07, 6.45) is 7.46. The molecule has 1 unspecified atom stereocenters. The van der Waals surface area contributed by atoms with Gasteiger partial charge < -0.3 is 4.90 Å². The number of nitrogens with zero attached hydrogens (tertiary/aromatic N) is 4. The highest BCUT2D eigenvalue weighted by molar-refractivity contribution is 5.94. The molecular formula is C20H20N4O. The number of carbonyl (C=O) groups excluding carboxylic acids is 1. The van der Waals surface area contributed by atoms with Crippen molar-refractivity contribution in [3.8, 4) is 0 Å². The number of hydrogen-bond acceptors (Lipinski definition) is 3. The van der Waals surface area contributed by atoms with Gasteiger partial charge in [0.2, 0.25) is 0 Å². The van der Waals surface area contributed by atoms with Crippen LogP contribution in [0.4, 0.5) is 0 Å². The first-order valence-electron chi connectivity index (χ1n) is 8.59. The number of pyridine rings is 1. The van der Waals surface area contributed by atoms with Crippen LogP contribution in [0.15, 0.2) is 67.1 Å². The van der Waals surface area contributed by atoms with Crippen molar-refractivity contribution >= 4 is 5.91 Å². The molecule has 0 saturated carbocycles. The molecule has 0 spiro atoms. The van der Waals surface area contributed by atoms with E-state index in [1.54, 1.807) is 12.4 Å². The van der Waals surface area contributed by atoms with Gasteiger partial charge in [-0.05, 0) is 48.7 Å². The fourth-order valence-electron chi connectivity index (χ4n) is 3.44. The highest BCUT2D eigenvalue weighted by atomic mass is 16.2. The maximum atomic E-state index is 13.1. The molecule has 1 fully saturated rings. The predicted molar refractivity (Wildman–Crippen MR) is 95.0 cm³/mol. The Morgan fingerprint density at radius 2 is 2.08 bits per heavy atom. The van der Waals surface area contributed by atoms with Crippen LogP contribution in [0, 0.1) is 0 Å². The number of rotatable bonds is 4. The van der Waals surface area contributed by atoms with Gasteiger partial charge >= 0.3 is 0 Å². The fraction of sp³-hybridized carbons (Fsp3) is 0.250. The third-order valence-corrected chi connectivity index (χ3v) is 4.62. The van der Waals surface area contributed by atoms with E-state index < -0.39 is 0 Å². The average molecular weight is 332 g/mol. The lowest BCUT2D eigenvalue weighted by atomic mass is 10.1. The Labute approximate surface area is 146 Å². The van der Waals surface area contributed by atoms with Crippen molar-refractivity contribution in [2.24, 2.45) is 0 Å². The second-order valence-corrected chi connectivity index (χ2v) is 6.32. The Kier molecular flexibility index (Phi) is 4.29. The van der Waals surface area contributed by atoms with Crippen LogP contribution in [0.5, 0.6) is 0 Å². The van der Waals surface area contributed by atoms with Gasteiger partial charge in [0.05, 0.1) is 18.3 Å². The van der Waals surface area contributed by atoms with Crippen LogP contribution in [0.1, 0.15) is 40.5 Å². The summed E-state index contributed by atoms with van der Waals surface area (Å²) in [6.45, 7) is 1.45. The number of carbonyl (C=O) groups is 1. The molecule has 5 nitrogen and oxygen atoms in total. The third-order valence-electron chi connectivity index (χ3n) is 4.62. The summed E-state index contributed by atoms with van der Waals surface area (Å²) in [5.74, 6) is 0.0791. The van der Waals surface area contributed by atoms with Gasteiger partial charge in [-0.2, -0.15) is 5.10 Å². The lowest BCUT2D eigenvalue weighted by Crippen LogP contribution is -2.31. The van der Waals surface area contributed by atoms with Crippen LogP contribution in [-0.2, 0) is 6.54 Å². The van der Waals surface area contributed by atoms with Gasteiger partial charge in [0, 0.05) is 30.7 Å². The number of hydrogen-bond donors (Lipinski definition) is 0. The van der Waals surface area contributed by atoms with Crippen molar-refractivity contribution in [1.82, 2.24) is 19.7 Å². The smallest absolute Gasteiger partial charge is 0.254 e. The van der Waals surface area contributed by atoms with Crippen molar-refractivity contribution in [1.29, 1.82) is 0 Å². The van der Waals surface area contributed by atoms with Crippen molar-refractivity contribution in [3.63, 3.8) is 0 Å². The largest absolute Gasteiger partial charge is 0.330 e. The Bertz CT molecular complexity index is 845. The van der Waals surface area contributed by atoms with Crippen LogP contribution in [0.25, 0.3) is 0 Å². The molecule has 0 bridgehead atoms. The van der Waals surface area contributed by atoms with E-state index in [9.17, 15) is 4.79 Å². The van der Waals surface area contributed by atoms with Gasteiger partial charge in [0.1, 0.15) is 0 Å². The average Bonchev–Trinajstić information content (AvgIpc) is 3.34. The van der Waals surface area contributed by atoms with Gasteiger partial charge in [-0.1, -0.05) is 18.2 Å². The minimum absolute atomic E-state index is 0.0727. The van der Waals surface area contributed by atoms with E-state index in [-0.39, 0.29) is 11.9 Å². The zero-order valence-electron chi connectivity index (χ0n) is 14.0. The van der Waals surface area contributed by atoms with Gasteiger partial charge in [0.25, 0.3) is 5.91 Å². The molecule has 0 aliphatic carbocycles. The van der Waals surface area contributed by atoms with Gasteiger partial charge in [0.15, 0.2) is 0 Å². The molecule has 5 heteroatoms. The van der Waals surface area contributed by atoms with Crippen LogP contribution in [0.2, 0.25) is 0 Å². The summed E-state index contributed by atoms with van der Waals surface area (Å²) >= 11 is 0. The predicted octanol–water partition coefficient (Wildman–Crippen LogP) is 3.30. The summed E-state index contributed by atoms with van der Waals surface area (Å²) in [7, 11) is 0. The van der Waals surface area contributed by atoms with Crippen LogP contribution < -0.4 is 0 Å². The van der Waals surface area contributed by atoms with E-state index >= 15 is 0 Å². The number of aromatic nitrogens is 3. The van der Waals surface area contributed by atoms with Crippen molar-refractivity contribution in [2.45, 2.75) is 25.4 Å². The van der Waals surface area contributed by atoms with Crippen LogP contribution >= 0.6 is 0 Å². The molecular weight excluding hydrogens is 312 g/mol.